The van der Waals surface area contributed by atoms with Gasteiger partial charge >= 0.3 is 12.1 Å². The van der Waals surface area contributed by atoms with Gasteiger partial charge in [0.1, 0.15) is 11.6 Å². The fraction of sp³-hybridized carbons (Fsp3) is 0.727. The number of carbonyl (C=O) groups excluding carboxylic acids is 1. The van der Waals surface area contributed by atoms with Gasteiger partial charge in [-0.1, -0.05) is 0 Å². The standard InChI is InChI=1S/C11H22N4O4/c1-11(2,3)19-10(18)15(9(13)14)6-4-5-7(12)8(16)17/h7H,4-6,12H2,1-3H3,(H3,13,14)(H,16,17)/t7-/m0/s1. The molecule has 0 saturated heterocycles. The van der Waals surface area contributed by atoms with Gasteiger partial charge in [0.05, 0.1) is 0 Å². The third-order valence-electron chi connectivity index (χ3n) is 2.12. The fourth-order valence-electron chi connectivity index (χ4n) is 1.22. The molecule has 0 fully saturated rings. The highest BCUT2D eigenvalue weighted by molar-refractivity contribution is 5.91. The Hall–Kier alpha value is -1.83. The number of guanidine groups is 1. The van der Waals surface area contributed by atoms with Crippen molar-refractivity contribution in [2.75, 3.05) is 6.54 Å². The summed E-state index contributed by atoms with van der Waals surface area (Å²) in [5.74, 6) is -1.55. The quantitative estimate of drug-likeness (QED) is 0.419. The molecule has 19 heavy (non-hydrogen) atoms. The molecule has 0 unspecified atom stereocenters. The van der Waals surface area contributed by atoms with Crippen molar-refractivity contribution in [3.05, 3.63) is 0 Å². The summed E-state index contributed by atoms with van der Waals surface area (Å²) in [6.45, 7) is 5.18. The van der Waals surface area contributed by atoms with E-state index in [9.17, 15) is 9.59 Å². The summed E-state index contributed by atoms with van der Waals surface area (Å²) < 4.78 is 5.08. The largest absolute Gasteiger partial charge is 0.480 e. The molecule has 0 radical (unpaired) electrons. The summed E-state index contributed by atoms with van der Waals surface area (Å²) >= 11 is 0. The van der Waals surface area contributed by atoms with Crippen molar-refractivity contribution in [2.24, 2.45) is 11.5 Å². The summed E-state index contributed by atoms with van der Waals surface area (Å²) in [4.78, 5) is 23.2. The maximum Gasteiger partial charge on any atom is 0.417 e. The van der Waals surface area contributed by atoms with Crippen LogP contribution in [0.4, 0.5) is 4.79 Å². The van der Waals surface area contributed by atoms with E-state index >= 15 is 0 Å². The Bertz CT molecular complexity index is 351. The Morgan fingerprint density at radius 2 is 1.95 bits per heavy atom. The Morgan fingerprint density at radius 3 is 2.32 bits per heavy atom. The van der Waals surface area contributed by atoms with Crippen molar-refractivity contribution in [2.45, 2.75) is 45.3 Å². The van der Waals surface area contributed by atoms with Crippen molar-refractivity contribution in [1.82, 2.24) is 4.90 Å². The molecule has 0 aliphatic rings. The number of ether oxygens (including phenoxy) is 1. The van der Waals surface area contributed by atoms with E-state index in [-0.39, 0.29) is 13.0 Å². The van der Waals surface area contributed by atoms with E-state index in [1.807, 2.05) is 0 Å². The number of carboxylic acids is 1. The number of hydrogen-bond donors (Lipinski definition) is 4. The number of aliphatic carboxylic acids is 1. The minimum absolute atomic E-state index is 0.0885. The van der Waals surface area contributed by atoms with E-state index < -0.39 is 29.7 Å². The van der Waals surface area contributed by atoms with E-state index in [1.54, 1.807) is 20.8 Å². The van der Waals surface area contributed by atoms with Crippen LogP contribution in [0.15, 0.2) is 0 Å². The lowest BCUT2D eigenvalue weighted by Crippen LogP contribution is -2.45. The average Bonchev–Trinajstić information content (AvgIpc) is 2.20. The highest BCUT2D eigenvalue weighted by atomic mass is 16.6. The van der Waals surface area contributed by atoms with Crippen molar-refractivity contribution in [3.63, 3.8) is 0 Å². The van der Waals surface area contributed by atoms with Crippen LogP contribution >= 0.6 is 0 Å². The monoisotopic (exact) mass is 274 g/mol. The van der Waals surface area contributed by atoms with Gasteiger partial charge in [-0.05, 0) is 33.6 Å². The molecule has 6 N–H and O–H groups in total. The van der Waals surface area contributed by atoms with Gasteiger partial charge in [0.2, 0.25) is 0 Å². The van der Waals surface area contributed by atoms with Gasteiger partial charge in [0.15, 0.2) is 5.96 Å². The molecule has 0 rings (SSSR count). The Kier molecular flexibility index (Phi) is 6.26. The lowest BCUT2D eigenvalue weighted by Gasteiger charge is -2.26. The van der Waals surface area contributed by atoms with Crippen molar-refractivity contribution in [1.29, 1.82) is 5.41 Å². The summed E-state index contributed by atoms with van der Waals surface area (Å²) in [6.07, 6.45) is -0.238. The van der Waals surface area contributed by atoms with Crippen LogP contribution in [0.25, 0.3) is 0 Å². The molecule has 110 valence electrons. The second-order valence-electron chi connectivity index (χ2n) is 5.10. The summed E-state index contributed by atoms with van der Waals surface area (Å²) in [5.41, 5.74) is 9.94. The number of amides is 1. The third-order valence-corrected chi connectivity index (χ3v) is 2.12. The first-order chi connectivity index (χ1) is 8.54. The van der Waals surface area contributed by atoms with Crippen molar-refractivity contribution >= 4 is 18.0 Å². The van der Waals surface area contributed by atoms with Crippen LogP contribution in [0, 0.1) is 5.41 Å². The van der Waals surface area contributed by atoms with Crippen LogP contribution in [0.1, 0.15) is 33.6 Å². The zero-order valence-corrected chi connectivity index (χ0v) is 11.5. The predicted octanol–water partition coefficient (Wildman–Crippen LogP) is 0.309. The number of carbonyl (C=O) groups is 2. The molecule has 0 saturated carbocycles. The molecule has 0 heterocycles. The average molecular weight is 274 g/mol. The van der Waals surface area contributed by atoms with E-state index in [0.29, 0.717) is 6.42 Å². The van der Waals surface area contributed by atoms with Gasteiger partial charge < -0.3 is 21.3 Å². The van der Waals surface area contributed by atoms with Gasteiger partial charge in [-0.3, -0.25) is 10.2 Å². The fourth-order valence-corrected chi connectivity index (χ4v) is 1.22. The number of nitrogens with one attached hydrogen (secondary N) is 1. The van der Waals surface area contributed by atoms with Crippen LogP contribution in [-0.4, -0.2) is 46.2 Å². The second kappa shape index (κ2) is 6.93. The zero-order chi connectivity index (χ0) is 15.2. The minimum Gasteiger partial charge on any atom is -0.480 e. The molecule has 8 nitrogen and oxygen atoms in total. The molecule has 0 bridgehead atoms. The number of hydrogen-bond acceptors (Lipinski definition) is 5. The summed E-state index contributed by atoms with van der Waals surface area (Å²) in [5, 5.41) is 15.9. The Balaban J connectivity index is 4.39. The molecular weight excluding hydrogens is 252 g/mol. The van der Waals surface area contributed by atoms with E-state index in [4.69, 9.17) is 26.7 Å². The second-order valence-corrected chi connectivity index (χ2v) is 5.10. The number of rotatable bonds is 5. The van der Waals surface area contributed by atoms with Gasteiger partial charge in [-0.15, -0.1) is 0 Å². The molecule has 0 aromatic carbocycles. The molecule has 0 aromatic heterocycles. The molecule has 1 atom stereocenters. The molecule has 0 spiro atoms. The normalized spacial score (nSPS) is 12.6. The molecule has 0 aromatic rings. The molecule has 1 amide bonds. The van der Waals surface area contributed by atoms with Crippen molar-refractivity contribution in [3.8, 4) is 0 Å². The van der Waals surface area contributed by atoms with Gasteiger partial charge in [0, 0.05) is 6.54 Å². The Labute approximate surface area is 112 Å². The van der Waals surface area contributed by atoms with Crippen molar-refractivity contribution < 1.29 is 19.4 Å². The Morgan fingerprint density at radius 1 is 1.42 bits per heavy atom. The summed E-state index contributed by atoms with van der Waals surface area (Å²) in [6, 6.07) is -0.993. The predicted molar refractivity (Wildman–Crippen MR) is 69.7 cm³/mol. The lowest BCUT2D eigenvalue weighted by atomic mass is 10.1. The third kappa shape index (κ3) is 7.24. The smallest absolute Gasteiger partial charge is 0.417 e. The van der Waals surface area contributed by atoms with Crippen LogP contribution in [0.5, 0.6) is 0 Å². The highest BCUT2D eigenvalue weighted by Gasteiger charge is 2.24. The molecule has 0 aliphatic heterocycles. The lowest BCUT2D eigenvalue weighted by molar-refractivity contribution is -0.138. The number of nitrogens with two attached hydrogens (primary N) is 2. The topological polar surface area (TPSA) is 143 Å². The molecule has 8 heteroatoms. The van der Waals surface area contributed by atoms with Gasteiger partial charge in [0.25, 0.3) is 0 Å². The SMILES string of the molecule is CC(C)(C)OC(=O)N(CCC[C@H](N)C(=O)O)C(=N)N. The maximum absolute atomic E-state index is 11.7. The maximum atomic E-state index is 11.7. The number of carboxylic acid groups (broad SMARTS) is 1. The molecular formula is C11H22N4O4. The van der Waals surface area contributed by atoms with Crippen LogP contribution in [0.3, 0.4) is 0 Å². The van der Waals surface area contributed by atoms with Crippen LogP contribution in [0.2, 0.25) is 0 Å². The first-order valence-electron chi connectivity index (χ1n) is 5.87. The zero-order valence-electron chi connectivity index (χ0n) is 11.5. The number of nitrogens with zero attached hydrogens (tertiary/aromatic N) is 1. The first-order valence-corrected chi connectivity index (χ1v) is 5.87. The minimum atomic E-state index is -1.10. The van der Waals surface area contributed by atoms with Gasteiger partial charge in [-0.25, -0.2) is 9.69 Å². The molecule has 0 aliphatic carbocycles. The van der Waals surface area contributed by atoms with E-state index in [2.05, 4.69) is 0 Å². The first kappa shape index (κ1) is 17.2. The van der Waals surface area contributed by atoms with Crippen LogP contribution < -0.4 is 11.5 Å². The van der Waals surface area contributed by atoms with Gasteiger partial charge in [-0.2, -0.15) is 0 Å². The highest BCUT2D eigenvalue weighted by Crippen LogP contribution is 2.10. The van der Waals surface area contributed by atoms with E-state index in [1.165, 1.54) is 0 Å². The summed E-state index contributed by atoms with van der Waals surface area (Å²) in [7, 11) is 0. The van der Waals surface area contributed by atoms with E-state index in [0.717, 1.165) is 4.90 Å². The van der Waals surface area contributed by atoms with Crippen LogP contribution in [-0.2, 0) is 9.53 Å².